The van der Waals surface area contributed by atoms with E-state index in [-0.39, 0.29) is 12.5 Å². The van der Waals surface area contributed by atoms with Gasteiger partial charge in [0, 0.05) is 25.0 Å². The summed E-state index contributed by atoms with van der Waals surface area (Å²) in [5.74, 6) is -0.706. The predicted octanol–water partition coefficient (Wildman–Crippen LogP) is 3.30. The molecule has 118 valence electrons. The molecule has 2 atom stereocenters. The lowest BCUT2D eigenvalue weighted by Crippen LogP contribution is -2.49. The fourth-order valence-electron chi connectivity index (χ4n) is 3.00. The van der Waals surface area contributed by atoms with Gasteiger partial charge >= 0.3 is 5.97 Å². The van der Waals surface area contributed by atoms with E-state index in [0.717, 1.165) is 13.2 Å². The summed E-state index contributed by atoms with van der Waals surface area (Å²) in [6, 6.07) is 0.824. The summed E-state index contributed by atoms with van der Waals surface area (Å²) in [5, 5.41) is 8.83. The summed E-state index contributed by atoms with van der Waals surface area (Å²) in [5.41, 5.74) is 0. The quantitative estimate of drug-likeness (QED) is 0.626. The second-order valence-electron chi connectivity index (χ2n) is 5.95. The van der Waals surface area contributed by atoms with Crippen LogP contribution >= 0.6 is 0 Å². The maximum atomic E-state index is 10.7. The zero-order valence-corrected chi connectivity index (χ0v) is 13.1. The molecule has 0 aliphatic carbocycles. The lowest BCUT2D eigenvalue weighted by molar-refractivity contribution is -0.137. The van der Waals surface area contributed by atoms with Gasteiger partial charge in [-0.2, -0.15) is 0 Å². The molecule has 0 radical (unpaired) electrons. The van der Waals surface area contributed by atoms with E-state index in [2.05, 4.69) is 18.7 Å². The van der Waals surface area contributed by atoms with Gasteiger partial charge in [-0.25, -0.2) is 0 Å². The minimum absolute atomic E-state index is 0.244. The smallest absolute Gasteiger partial charge is 0.303 e. The number of carboxylic acid groups (broad SMARTS) is 1. The Labute approximate surface area is 123 Å². The number of carbonyl (C=O) groups is 1. The van der Waals surface area contributed by atoms with Gasteiger partial charge in [0.15, 0.2) is 0 Å². The third-order valence-electron chi connectivity index (χ3n) is 4.26. The molecule has 0 aromatic rings. The van der Waals surface area contributed by atoms with Crippen LogP contribution in [0.2, 0.25) is 0 Å². The number of hydrogen-bond acceptors (Lipinski definition) is 3. The van der Waals surface area contributed by atoms with Crippen molar-refractivity contribution in [2.45, 2.75) is 77.3 Å². The Balaban J connectivity index is 2.29. The fourth-order valence-corrected chi connectivity index (χ4v) is 3.00. The number of rotatable bonds is 10. The van der Waals surface area contributed by atoms with Crippen LogP contribution in [0.25, 0.3) is 0 Å². The Hall–Kier alpha value is -0.610. The maximum Gasteiger partial charge on any atom is 0.303 e. The third-order valence-corrected chi connectivity index (χ3v) is 4.26. The molecule has 1 fully saturated rings. The van der Waals surface area contributed by atoms with E-state index >= 15 is 0 Å². The lowest BCUT2D eigenvalue weighted by atomic mass is 10.0. The van der Waals surface area contributed by atoms with Gasteiger partial charge in [-0.15, -0.1) is 0 Å². The topological polar surface area (TPSA) is 49.8 Å². The molecule has 0 bridgehead atoms. The largest absolute Gasteiger partial charge is 0.481 e. The second kappa shape index (κ2) is 10.2. The number of unbranched alkanes of at least 4 members (excludes halogenated alkanes) is 4. The van der Waals surface area contributed by atoms with Gasteiger partial charge in [0.05, 0.1) is 13.2 Å². The molecule has 1 aliphatic heterocycles. The van der Waals surface area contributed by atoms with Gasteiger partial charge in [0.2, 0.25) is 0 Å². The highest BCUT2D eigenvalue weighted by molar-refractivity contribution is 5.66. The molecule has 4 nitrogen and oxygen atoms in total. The molecule has 1 N–H and O–H groups in total. The summed E-state index contributed by atoms with van der Waals surface area (Å²) >= 11 is 0. The zero-order chi connectivity index (χ0) is 14.8. The highest BCUT2D eigenvalue weighted by Crippen LogP contribution is 2.19. The average Bonchev–Trinajstić information content (AvgIpc) is 2.45. The molecule has 0 aromatic carbocycles. The van der Waals surface area contributed by atoms with Crippen molar-refractivity contribution in [1.29, 1.82) is 0 Å². The molecule has 1 rings (SSSR count). The Bertz CT molecular complexity index is 270. The van der Waals surface area contributed by atoms with Gasteiger partial charge in [-0.1, -0.05) is 39.0 Å². The van der Waals surface area contributed by atoms with Crippen LogP contribution in [0.3, 0.4) is 0 Å². The highest BCUT2D eigenvalue weighted by atomic mass is 16.5. The molecule has 20 heavy (non-hydrogen) atoms. The number of ether oxygens (including phenoxy) is 1. The molecule has 1 unspecified atom stereocenters. The molecule has 1 saturated heterocycles. The molecule has 1 heterocycles. The van der Waals surface area contributed by atoms with Crippen LogP contribution in [-0.4, -0.2) is 47.8 Å². The summed E-state index contributed by atoms with van der Waals surface area (Å²) in [6.07, 6.45) is 8.74. The number of hydrogen-bond donors (Lipinski definition) is 1. The van der Waals surface area contributed by atoms with E-state index in [1.165, 1.54) is 38.5 Å². The van der Waals surface area contributed by atoms with Crippen molar-refractivity contribution in [2.75, 3.05) is 19.8 Å². The number of aliphatic carboxylic acids is 1. The molecule has 0 amide bonds. The first kappa shape index (κ1) is 17.4. The number of nitrogens with zero attached hydrogens (tertiary/aromatic N) is 1. The molecule has 0 saturated carbocycles. The lowest BCUT2D eigenvalue weighted by Gasteiger charge is -2.39. The Morgan fingerprint density at radius 3 is 2.80 bits per heavy atom. The van der Waals surface area contributed by atoms with Gasteiger partial charge in [-0.3, -0.25) is 9.69 Å². The van der Waals surface area contributed by atoms with Crippen LogP contribution in [0, 0.1) is 0 Å². The van der Waals surface area contributed by atoms with Gasteiger partial charge in [0.1, 0.15) is 0 Å². The highest BCUT2D eigenvalue weighted by Gasteiger charge is 2.27. The van der Waals surface area contributed by atoms with Crippen molar-refractivity contribution in [3.05, 3.63) is 0 Å². The van der Waals surface area contributed by atoms with E-state index in [1.54, 1.807) is 0 Å². The zero-order valence-electron chi connectivity index (χ0n) is 13.1. The first-order valence-corrected chi connectivity index (χ1v) is 8.20. The summed E-state index contributed by atoms with van der Waals surface area (Å²) in [7, 11) is 0. The molecule has 0 aromatic heterocycles. The molecular weight excluding hydrogens is 254 g/mol. The number of morpholine rings is 1. The van der Waals surface area contributed by atoms with E-state index in [0.29, 0.717) is 19.1 Å². The van der Waals surface area contributed by atoms with Crippen LogP contribution in [0.4, 0.5) is 0 Å². The summed E-state index contributed by atoms with van der Waals surface area (Å²) < 4.78 is 5.52. The SMILES string of the molecule is CCCCCCCC(C)N1CCOC[C@@H]1CCC(=O)O. The standard InChI is InChI=1S/C16H31NO3/c1-3-4-5-6-7-8-14(2)17-11-12-20-13-15(17)9-10-16(18)19/h14-15H,3-13H2,1-2H3,(H,18,19)/t14?,15-/m0/s1. The van der Waals surface area contributed by atoms with Gasteiger partial charge in [0.25, 0.3) is 0 Å². The summed E-state index contributed by atoms with van der Waals surface area (Å²) in [4.78, 5) is 13.2. The van der Waals surface area contributed by atoms with Crippen molar-refractivity contribution in [2.24, 2.45) is 0 Å². The average molecular weight is 285 g/mol. The Morgan fingerprint density at radius 1 is 1.35 bits per heavy atom. The van der Waals surface area contributed by atoms with Crippen molar-refractivity contribution in [3.63, 3.8) is 0 Å². The van der Waals surface area contributed by atoms with Crippen LogP contribution in [0.15, 0.2) is 0 Å². The van der Waals surface area contributed by atoms with Crippen molar-refractivity contribution in [1.82, 2.24) is 4.90 Å². The van der Waals surface area contributed by atoms with Gasteiger partial charge in [-0.05, 0) is 19.8 Å². The summed E-state index contributed by atoms with van der Waals surface area (Å²) in [6.45, 7) is 6.93. The number of carboxylic acids is 1. The predicted molar refractivity (Wildman–Crippen MR) is 81.0 cm³/mol. The van der Waals surface area contributed by atoms with Crippen molar-refractivity contribution in [3.8, 4) is 0 Å². The molecule has 4 heteroatoms. The van der Waals surface area contributed by atoms with E-state index < -0.39 is 5.97 Å². The van der Waals surface area contributed by atoms with E-state index in [9.17, 15) is 4.79 Å². The Morgan fingerprint density at radius 2 is 2.10 bits per heavy atom. The first-order chi connectivity index (χ1) is 9.65. The van der Waals surface area contributed by atoms with Crippen LogP contribution in [0.1, 0.15) is 65.2 Å². The van der Waals surface area contributed by atoms with Crippen LogP contribution in [-0.2, 0) is 9.53 Å². The molecular formula is C16H31NO3. The fraction of sp³-hybridized carbons (Fsp3) is 0.938. The molecule has 0 spiro atoms. The van der Waals surface area contributed by atoms with E-state index in [1.807, 2.05) is 0 Å². The van der Waals surface area contributed by atoms with Crippen molar-refractivity contribution < 1.29 is 14.6 Å². The maximum absolute atomic E-state index is 10.7. The molecule has 1 aliphatic rings. The normalized spacial score (nSPS) is 21.8. The van der Waals surface area contributed by atoms with Crippen LogP contribution < -0.4 is 0 Å². The minimum Gasteiger partial charge on any atom is -0.481 e. The minimum atomic E-state index is -0.706. The second-order valence-corrected chi connectivity index (χ2v) is 5.95. The van der Waals surface area contributed by atoms with Crippen molar-refractivity contribution >= 4 is 5.97 Å². The van der Waals surface area contributed by atoms with E-state index in [4.69, 9.17) is 9.84 Å². The van der Waals surface area contributed by atoms with Gasteiger partial charge < -0.3 is 9.84 Å². The first-order valence-electron chi connectivity index (χ1n) is 8.20. The van der Waals surface area contributed by atoms with Crippen LogP contribution in [0.5, 0.6) is 0 Å². The third kappa shape index (κ3) is 6.71. The Kier molecular flexibility index (Phi) is 8.86. The monoisotopic (exact) mass is 285 g/mol.